The molecule has 5 heteroatoms. The predicted octanol–water partition coefficient (Wildman–Crippen LogP) is 4.87. The summed E-state index contributed by atoms with van der Waals surface area (Å²) in [5, 5.41) is 4.15. The smallest absolute Gasteiger partial charge is 0.138 e. The molecule has 5 nitrogen and oxygen atoms in total. The summed E-state index contributed by atoms with van der Waals surface area (Å²) in [5.41, 5.74) is 11.0. The van der Waals surface area contributed by atoms with Crippen LogP contribution < -0.4 is 4.90 Å². The van der Waals surface area contributed by atoms with Crippen LogP contribution in [-0.4, -0.2) is 21.3 Å². The standard InChI is InChI=1S/C24H26N4O/c1-15-17(3)28(14-21-16(2)26-29-18(21)4)24-22(9-11-25-23(15)24)27-12-10-19-7-5-6-8-20(19)13-27/h5-9,11H,10,12-14H2,1-4H3. The number of aryl methyl sites for hydroxylation is 3. The van der Waals surface area contributed by atoms with Gasteiger partial charge in [-0.2, -0.15) is 0 Å². The zero-order valence-electron chi connectivity index (χ0n) is 17.5. The van der Waals surface area contributed by atoms with Crippen LogP contribution >= 0.6 is 0 Å². The molecule has 0 saturated heterocycles. The van der Waals surface area contributed by atoms with Crippen molar-refractivity contribution in [1.82, 2.24) is 14.7 Å². The second kappa shape index (κ2) is 6.76. The Morgan fingerprint density at radius 3 is 2.59 bits per heavy atom. The zero-order chi connectivity index (χ0) is 20.1. The van der Waals surface area contributed by atoms with Gasteiger partial charge in [-0.25, -0.2) is 0 Å². The third kappa shape index (κ3) is 2.84. The molecule has 0 N–H and O–H groups in total. The lowest BCUT2D eigenvalue weighted by Crippen LogP contribution is -2.30. The number of nitrogens with zero attached hydrogens (tertiary/aromatic N) is 4. The van der Waals surface area contributed by atoms with E-state index >= 15 is 0 Å². The van der Waals surface area contributed by atoms with Crippen molar-refractivity contribution in [1.29, 1.82) is 0 Å². The maximum Gasteiger partial charge on any atom is 0.138 e. The number of pyridine rings is 1. The number of hydrogen-bond donors (Lipinski definition) is 0. The van der Waals surface area contributed by atoms with Crippen LogP contribution in [0.3, 0.4) is 0 Å². The Labute approximate surface area is 171 Å². The third-order valence-electron chi connectivity index (χ3n) is 6.44. The van der Waals surface area contributed by atoms with Gasteiger partial charge in [0.25, 0.3) is 0 Å². The highest BCUT2D eigenvalue weighted by molar-refractivity contribution is 5.92. The minimum Gasteiger partial charge on any atom is -0.365 e. The van der Waals surface area contributed by atoms with E-state index in [9.17, 15) is 0 Å². The monoisotopic (exact) mass is 386 g/mol. The fraction of sp³-hybridized carbons (Fsp3) is 0.333. The lowest BCUT2D eigenvalue weighted by atomic mass is 9.99. The number of aromatic nitrogens is 3. The number of anilines is 1. The third-order valence-corrected chi connectivity index (χ3v) is 6.44. The molecular weight excluding hydrogens is 360 g/mol. The van der Waals surface area contributed by atoms with Crippen LogP contribution in [0.2, 0.25) is 0 Å². The van der Waals surface area contributed by atoms with Crippen molar-refractivity contribution in [3.8, 4) is 0 Å². The molecule has 29 heavy (non-hydrogen) atoms. The number of hydrogen-bond acceptors (Lipinski definition) is 4. The molecule has 0 spiro atoms. The Bertz CT molecular complexity index is 1200. The summed E-state index contributed by atoms with van der Waals surface area (Å²) in [4.78, 5) is 7.24. The SMILES string of the molecule is Cc1noc(C)c1Cn1c(C)c(C)c2nccc(N3CCc4ccccc4C3)c21. The van der Waals surface area contributed by atoms with Gasteiger partial charge in [0, 0.05) is 30.5 Å². The van der Waals surface area contributed by atoms with E-state index < -0.39 is 0 Å². The summed E-state index contributed by atoms with van der Waals surface area (Å²) in [6.07, 6.45) is 3.02. The van der Waals surface area contributed by atoms with Crippen molar-refractivity contribution in [2.45, 2.75) is 47.2 Å². The van der Waals surface area contributed by atoms with E-state index in [-0.39, 0.29) is 0 Å². The highest BCUT2D eigenvalue weighted by atomic mass is 16.5. The second-order valence-electron chi connectivity index (χ2n) is 8.07. The van der Waals surface area contributed by atoms with Gasteiger partial charge in [-0.15, -0.1) is 0 Å². The summed E-state index contributed by atoms with van der Waals surface area (Å²) in [6, 6.07) is 10.9. The fourth-order valence-electron chi connectivity index (χ4n) is 4.57. The van der Waals surface area contributed by atoms with Gasteiger partial charge in [0.1, 0.15) is 5.76 Å². The van der Waals surface area contributed by atoms with E-state index in [1.165, 1.54) is 33.6 Å². The van der Waals surface area contributed by atoms with Crippen LogP contribution in [0, 0.1) is 27.7 Å². The minimum absolute atomic E-state index is 0.750. The van der Waals surface area contributed by atoms with Crippen LogP contribution in [-0.2, 0) is 19.5 Å². The van der Waals surface area contributed by atoms with Crippen molar-refractivity contribution >= 4 is 16.7 Å². The van der Waals surface area contributed by atoms with Crippen LogP contribution in [0.25, 0.3) is 11.0 Å². The zero-order valence-corrected chi connectivity index (χ0v) is 17.5. The Morgan fingerprint density at radius 2 is 1.83 bits per heavy atom. The van der Waals surface area contributed by atoms with Gasteiger partial charge < -0.3 is 14.0 Å². The molecule has 1 aliphatic heterocycles. The molecule has 0 saturated carbocycles. The molecule has 0 fully saturated rings. The van der Waals surface area contributed by atoms with Crippen molar-refractivity contribution in [2.24, 2.45) is 0 Å². The average molecular weight is 386 g/mol. The molecule has 1 aliphatic rings. The second-order valence-corrected chi connectivity index (χ2v) is 8.07. The van der Waals surface area contributed by atoms with E-state index in [0.717, 1.165) is 48.6 Å². The van der Waals surface area contributed by atoms with E-state index in [4.69, 9.17) is 9.51 Å². The molecule has 3 aromatic heterocycles. The quantitative estimate of drug-likeness (QED) is 0.504. The van der Waals surface area contributed by atoms with Crippen LogP contribution in [0.4, 0.5) is 5.69 Å². The van der Waals surface area contributed by atoms with Crippen LogP contribution in [0.5, 0.6) is 0 Å². The van der Waals surface area contributed by atoms with Crippen LogP contribution in [0.15, 0.2) is 41.1 Å². The van der Waals surface area contributed by atoms with Gasteiger partial charge in [-0.1, -0.05) is 29.4 Å². The molecule has 0 radical (unpaired) electrons. The van der Waals surface area contributed by atoms with E-state index in [2.05, 4.69) is 58.8 Å². The molecule has 1 aromatic carbocycles. The molecular formula is C24H26N4O. The number of fused-ring (bicyclic) bond motifs is 2. The molecule has 4 heterocycles. The average Bonchev–Trinajstić information content (AvgIpc) is 3.19. The Morgan fingerprint density at radius 1 is 1.03 bits per heavy atom. The highest BCUT2D eigenvalue weighted by Gasteiger charge is 2.23. The van der Waals surface area contributed by atoms with Crippen molar-refractivity contribution < 1.29 is 4.52 Å². The molecule has 5 rings (SSSR count). The molecule has 0 bridgehead atoms. The maximum absolute atomic E-state index is 5.42. The van der Waals surface area contributed by atoms with Crippen molar-refractivity contribution in [3.05, 3.63) is 75.9 Å². The van der Waals surface area contributed by atoms with Crippen molar-refractivity contribution in [3.63, 3.8) is 0 Å². The molecule has 0 amide bonds. The van der Waals surface area contributed by atoms with Gasteiger partial charge in [0.05, 0.1) is 29.0 Å². The summed E-state index contributed by atoms with van der Waals surface area (Å²) in [6.45, 7) is 11.1. The topological polar surface area (TPSA) is 47.1 Å². The maximum atomic E-state index is 5.42. The first-order valence-corrected chi connectivity index (χ1v) is 10.2. The first kappa shape index (κ1) is 18.0. The van der Waals surface area contributed by atoms with Crippen LogP contribution in [0.1, 0.15) is 39.4 Å². The number of benzene rings is 1. The van der Waals surface area contributed by atoms with Gasteiger partial charge in [-0.3, -0.25) is 4.98 Å². The predicted molar refractivity (Wildman–Crippen MR) is 115 cm³/mol. The lowest BCUT2D eigenvalue weighted by molar-refractivity contribution is 0.392. The van der Waals surface area contributed by atoms with Gasteiger partial charge >= 0.3 is 0 Å². The first-order chi connectivity index (χ1) is 14.0. The molecule has 0 aliphatic carbocycles. The number of rotatable bonds is 3. The van der Waals surface area contributed by atoms with Gasteiger partial charge in [-0.05, 0) is 56.9 Å². The summed E-state index contributed by atoms with van der Waals surface area (Å²) < 4.78 is 7.81. The molecule has 4 aromatic rings. The molecule has 0 unspecified atom stereocenters. The Balaban J connectivity index is 1.65. The molecule has 0 atom stereocenters. The normalized spacial score (nSPS) is 13.9. The summed E-state index contributed by atoms with van der Waals surface area (Å²) in [5.74, 6) is 0.888. The van der Waals surface area contributed by atoms with Crippen molar-refractivity contribution in [2.75, 3.05) is 11.4 Å². The Kier molecular flexibility index (Phi) is 4.19. The van der Waals surface area contributed by atoms with Gasteiger partial charge in [0.15, 0.2) is 0 Å². The van der Waals surface area contributed by atoms with E-state index in [1.807, 2.05) is 20.0 Å². The fourth-order valence-corrected chi connectivity index (χ4v) is 4.57. The minimum atomic E-state index is 0.750. The molecule has 148 valence electrons. The van der Waals surface area contributed by atoms with E-state index in [1.54, 1.807) is 0 Å². The lowest BCUT2D eigenvalue weighted by Gasteiger charge is -2.31. The largest absolute Gasteiger partial charge is 0.365 e. The summed E-state index contributed by atoms with van der Waals surface area (Å²) >= 11 is 0. The first-order valence-electron chi connectivity index (χ1n) is 10.2. The summed E-state index contributed by atoms with van der Waals surface area (Å²) in [7, 11) is 0. The van der Waals surface area contributed by atoms with Gasteiger partial charge in [0.2, 0.25) is 0 Å². The van der Waals surface area contributed by atoms with E-state index in [0.29, 0.717) is 0 Å². The Hall–Kier alpha value is -3.08. The highest BCUT2D eigenvalue weighted by Crippen LogP contribution is 2.35.